The maximum absolute atomic E-state index is 11.6. The Balaban J connectivity index is 1.89. The summed E-state index contributed by atoms with van der Waals surface area (Å²) >= 11 is 0. The Morgan fingerprint density at radius 1 is 1.33 bits per heavy atom. The number of rotatable bonds is 4. The molecule has 0 saturated heterocycles. The van der Waals surface area contributed by atoms with Crippen LogP contribution in [0.4, 0.5) is 0 Å². The highest BCUT2D eigenvalue weighted by Crippen LogP contribution is 2.35. The van der Waals surface area contributed by atoms with Crippen molar-refractivity contribution in [3.63, 3.8) is 0 Å². The van der Waals surface area contributed by atoms with E-state index >= 15 is 0 Å². The summed E-state index contributed by atoms with van der Waals surface area (Å²) in [5, 5.41) is 0. The molecule has 0 aromatic carbocycles. The summed E-state index contributed by atoms with van der Waals surface area (Å²) in [6.07, 6.45) is 4.59. The second-order valence-electron chi connectivity index (χ2n) is 3.83. The first-order valence-electron chi connectivity index (χ1n) is 4.83. The lowest BCUT2D eigenvalue weighted by Gasteiger charge is -2.21. The van der Waals surface area contributed by atoms with Gasteiger partial charge in [0.15, 0.2) is 0 Å². The van der Waals surface area contributed by atoms with Gasteiger partial charge in [0.05, 0.1) is 0 Å². The molecule has 68 valence electrons. The van der Waals surface area contributed by atoms with Crippen LogP contribution in [0.2, 0.25) is 0 Å². The molecule has 0 spiro atoms. The molecule has 0 atom stereocenters. The maximum Gasteiger partial charge on any atom is 0.225 e. The van der Waals surface area contributed by atoms with Crippen LogP contribution < -0.4 is 5.73 Å². The van der Waals surface area contributed by atoms with E-state index in [0.717, 1.165) is 19.4 Å². The van der Waals surface area contributed by atoms with Crippen molar-refractivity contribution in [1.82, 2.24) is 4.90 Å². The third-order valence-corrected chi connectivity index (χ3v) is 2.57. The molecule has 2 saturated carbocycles. The highest BCUT2D eigenvalue weighted by atomic mass is 16.2. The molecule has 1 amide bonds. The van der Waals surface area contributed by atoms with Crippen LogP contribution in [0.15, 0.2) is 0 Å². The van der Waals surface area contributed by atoms with Crippen LogP contribution in [0.25, 0.3) is 0 Å². The predicted molar refractivity (Wildman–Crippen MR) is 46.5 cm³/mol. The van der Waals surface area contributed by atoms with Gasteiger partial charge in [-0.15, -0.1) is 0 Å². The molecule has 2 aliphatic carbocycles. The Labute approximate surface area is 72.9 Å². The molecule has 0 aromatic rings. The van der Waals surface area contributed by atoms with E-state index in [1.165, 1.54) is 12.8 Å². The van der Waals surface area contributed by atoms with Gasteiger partial charge >= 0.3 is 0 Å². The Bertz CT molecular complexity index is 185. The number of carbonyl (C=O) groups excluding carboxylic acids is 1. The first-order chi connectivity index (χ1) is 5.83. The van der Waals surface area contributed by atoms with Crippen LogP contribution in [0.5, 0.6) is 0 Å². The van der Waals surface area contributed by atoms with Crippen LogP contribution in [0.3, 0.4) is 0 Å². The SMILES string of the molecule is NCCN(C(=O)C1CC1)C1CC1. The van der Waals surface area contributed by atoms with Crippen molar-refractivity contribution >= 4 is 5.91 Å². The monoisotopic (exact) mass is 168 g/mol. The Hall–Kier alpha value is -0.570. The molecule has 2 N–H and O–H groups in total. The fourth-order valence-electron chi connectivity index (χ4n) is 1.56. The smallest absolute Gasteiger partial charge is 0.225 e. The summed E-state index contributed by atoms with van der Waals surface area (Å²) in [7, 11) is 0. The lowest BCUT2D eigenvalue weighted by Crippen LogP contribution is -2.38. The van der Waals surface area contributed by atoms with Crippen LogP contribution >= 0.6 is 0 Å². The number of nitrogens with two attached hydrogens (primary N) is 1. The minimum Gasteiger partial charge on any atom is -0.338 e. The predicted octanol–water partition coefficient (Wildman–Crippen LogP) is 0.346. The molecule has 0 bridgehead atoms. The fraction of sp³-hybridized carbons (Fsp3) is 0.889. The summed E-state index contributed by atoms with van der Waals surface area (Å²) in [4.78, 5) is 13.6. The van der Waals surface area contributed by atoms with Gasteiger partial charge in [-0.1, -0.05) is 0 Å². The van der Waals surface area contributed by atoms with E-state index in [4.69, 9.17) is 5.73 Å². The molecular formula is C9H16N2O. The quantitative estimate of drug-likeness (QED) is 0.658. The van der Waals surface area contributed by atoms with Crippen molar-refractivity contribution in [3.8, 4) is 0 Å². The van der Waals surface area contributed by atoms with Crippen molar-refractivity contribution in [2.24, 2.45) is 11.7 Å². The molecular weight excluding hydrogens is 152 g/mol. The number of hydrogen-bond donors (Lipinski definition) is 1. The zero-order chi connectivity index (χ0) is 8.55. The molecule has 0 radical (unpaired) electrons. The van der Waals surface area contributed by atoms with Gasteiger partial charge in [-0.3, -0.25) is 4.79 Å². The normalized spacial score (nSPS) is 22.4. The molecule has 0 aliphatic heterocycles. The number of hydrogen-bond acceptors (Lipinski definition) is 2. The molecule has 0 unspecified atom stereocenters. The number of carbonyl (C=O) groups is 1. The fourth-order valence-corrected chi connectivity index (χ4v) is 1.56. The third kappa shape index (κ3) is 1.61. The molecule has 0 heterocycles. The second kappa shape index (κ2) is 3.05. The largest absolute Gasteiger partial charge is 0.338 e. The average Bonchev–Trinajstić information content (AvgIpc) is 2.88. The van der Waals surface area contributed by atoms with Crippen molar-refractivity contribution in [3.05, 3.63) is 0 Å². The van der Waals surface area contributed by atoms with Gasteiger partial charge in [0.2, 0.25) is 5.91 Å². The van der Waals surface area contributed by atoms with Gasteiger partial charge < -0.3 is 10.6 Å². The minimum absolute atomic E-state index is 0.358. The zero-order valence-corrected chi connectivity index (χ0v) is 7.33. The third-order valence-electron chi connectivity index (χ3n) is 2.57. The molecule has 2 fully saturated rings. The summed E-state index contributed by atoms with van der Waals surface area (Å²) in [6.45, 7) is 1.37. The Morgan fingerprint density at radius 2 is 2.00 bits per heavy atom. The number of amides is 1. The summed E-state index contributed by atoms with van der Waals surface area (Å²) in [6, 6.07) is 0.543. The highest BCUT2D eigenvalue weighted by Gasteiger charge is 2.39. The molecule has 3 nitrogen and oxygen atoms in total. The molecule has 2 rings (SSSR count). The zero-order valence-electron chi connectivity index (χ0n) is 7.33. The van der Waals surface area contributed by atoms with Crippen molar-refractivity contribution in [1.29, 1.82) is 0 Å². The Morgan fingerprint density at radius 3 is 2.42 bits per heavy atom. The van der Waals surface area contributed by atoms with E-state index < -0.39 is 0 Å². The first kappa shape index (κ1) is 8.05. The van der Waals surface area contributed by atoms with Crippen LogP contribution in [0, 0.1) is 5.92 Å². The van der Waals surface area contributed by atoms with E-state index in [2.05, 4.69) is 0 Å². The van der Waals surface area contributed by atoms with Crippen LogP contribution in [-0.4, -0.2) is 29.9 Å². The van der Waals surface area contributed by atoms with Gasteiger partial charge in [0, 0.05) is 25.0 Å². The standard InChI is InChI=1S/C9H16N2O/c10-5-6-11(8-3-4-8)9(12)7-1-2-7/h7-8H,1-6,10H2. The van der Waals surface area contributed by atoms with Gasteiger partial charge in [-0.2, -0.15) is 0 Å². The van der Waals surface area contributed by atoms with Crippen LogP contribution in [0.1, 0.15) is 25.7 Å². The van der Waals surface area contributed by atoms with Crippen LogP contribution in [-0.2, 0) is 4.79 Å². The van der Waals surface area contributed by atoms with Gasteiger partial charge in [-0.05, 0) is 25.7 Å². The van der Waals surface area contributed by atoms with Crippen molar-refractivity contribution in [2.75, 3.05) is 13.1 Å². The van der Waals surface area contributed by atoms with Gasteiger partial charge in [0.1, 0.15) is 0 Å². The van der Waals surface area contributed by atoms with E-state index in [-0.39, 0.29) is 0 Å². The van der Waals surface area contributed by atoms with Crippen molar-refractivity contribution in [2.45, 2.75) is 31.7 Å². The summed E-state index contributed by atoms with van der Waals surface area (Å²) in [5.74, 6) is 0.722. The van der Waals surface area contributed by atoms with Gasteiger partial charge in [0.25, 0.3) is 0 Å². The Kier molecular flexibility index (Phi) is 2.05. The average molecular weight is 168 g/mol. The lowest BCUT2D eigenvalue weighted by atomic mass is 10.3. The second-order valence-corrected chi connectivity index (χ2v) is 3.83. The van der Waals surface area contributed by atoms with Crippen molar-refractivity contribution < 1.29 is 4.79 Å². The van der Waals surface area contributed by atoms with E-state index in [9.17, 15) is 4.79 Å². The molecule has 2 aliphatic rings. The first-order valence-corrected chi connectivity index (χ1v) is 4.83. The molecule has 0 aromatic heterocycles. The van der Waals surface area contributed by atoms with E-state index in [1.54, 1.807) is 0 Å². The van der Waals surface area contributed by atoms with Gasteiger partial charge in [-0.25, -0.2) is 0 Å². The van der Waals surface area contributed by atoms with E-state index in [1.807, 2.05) is 4.90 Å². The summed E-state index contributed by atoms with van der Waals surface area (Å²) < 4.78 is 0. The minimum atomic E-state index is 0.358. The molecule has 12 heavy (non-hydrogen) atoms. The molecule has 3 heteroatoms. The topological polar surface area (TPSA) is 46.3 Å². The van der Waals surface area contributed by atoms with E-state index in [0.29, 0.717) is 24.4 Å². The summed E-state index contributed by atoms with van der Waals surface area (Å²) in [5.41, 5.74) is 5.46. The number of nitrogens with zero attached hydrogens (tertiary/aromatic N) is 1. The highest BCUT2D eigenvalue weighted by molar-refractivity contribution is 5.81. The lowest BCUT2D eigenvalue weighted by molar-refractivity contribution is -0.133. The maximum atomic E-state index is 11.6.